The van der Waals surface area contributed by atoms with Gasteiger partial charge >= 0.3 is 0 Å². The Labute approximate surface area is 101 Å². The van der Waals surface area contributed by atoms with E-state index in [1.54, 1.807) is 13.8 Å². The van der Waals surface area contributed by atoms with Crippen molar-refractivity contribution in [2.75, 3.05) is 13.2 Å². The Hall–Kier alpha value is -1.30. The normalized spacial score (nSPS) is 26.6. The monoisotopic (exact) mass is 243 g/mol. The molecule has 1 atom stereocenters. The first-order chi connectivity index (χ1) is 7.82. The largest absolute Gasteiger partial charge is 0.409 e. The van der Waals surface area contributed by atoms with Crippen LogP contribution in [0.25, 0.3) is 0 Å². The maximum atomic E-state index is 12.1. The van der Waals surface area contributed by atoms with Gasteiger partial charge in [0, 0.05) is 6.61 Å². The minimum Gasteiger partial charge on any atom is -0.409 e. The van der Waals surface area contributed by atoms with Crippen LogP contribution in [0.2, 0.25) is 0 Å². The molecule has 1 rings (SSSR count). The predicted molar refractivity (Wildman–Crippen MR) is 63.8 cm³/mol. The van der Waals surface area contributed by atoms with Crippen molar-refractivity contribution in [3.63, 3.8) is 0 Å². The summed E-state index contributed by atoms with van der Waals surface area (Å²) in [5, 5.41) is 14.5. The van der Waals surface area contributed by atoms with Gasteiger partial charge in [0.15, 0.2) is 5.84 Å². The minimum absolute atomic E-state index is 0.102. The Kier molecular flexibility index (Phi) is 3.98. The van der Waals surface area contributed by atoms with Gasteiger partial charge in [-0.2, -0.15) is 0 Å². The number of oxime groups is 1. The van der Waals surface area contributed by atoms with Crippen molar-refractivity contribution in [1.29, 1.82) is 0 Å². The number of amidine groups is 1. The number of hydrogen-bond donors (Lipinski definition) is 3. The summed E-state index contributed by atoms with van der Waals surface area (Å²) in [4.78, 5) is 12.1. The highest BCUT2D eigenvalue weighted by Crippen LogP contribution is 2.22. The van der Waals surface area contributed by atoms with Crippen LogP contribution >= 0.6 is 0 Å². The highest BCUT2D eigenvalue weighted by atomic mass is 16.5. The number of ether oxygens (including phenoxy) is 1. The number of amides is 1. The molecule has 98 valence electrons. The summed E-state index contributed by atoms with van der Waals surface area (Å²) in [6.07, 6.45) is 1.78. The molecule has 0 saturated carbocycles. The highest BCUT2D eigenvalue weighted by molar-refractivity contribution is 6.06. The Morgan fingerprint density at radius 3 is 2.71 bits per heavy atom. The highest BCUT2D eigenvalue weighted by Gasteiger charge is 2.38. The molecule has 0 bridgehead atoms. The zero-order valence-electron chi connectivity index (χ0n) is 10.6. The first-order valence-corrected chi connectivity index (χ1v) is 5.70. The van der Waals surface area contributed by atoms with Crippen LogP contribution in [0.1, 0.15) is 33.6 Å². The lowest BCUT2D eigenvalue weighted by Gasteiger charge is -2.36. The third-order valence-electron chi connectivity index (χ3n) is 3.17. The second kappa shape index (κ2) is 4.91. The summed E-state index contributed by atoms with van der Waals surface area (Å²) in [6.45, 7) is 6.39. The van der Waals surface area contributed by atoms with Crippen molar-refractivity contribution < 1.29 is 14.7 Å². The molecule has 1 unspecified atom stereocenters. The smallest absolute Gasteiger partial charge is 0.233 e. The van der Waals surface area contributed by atoms with Gasteiger partial charge in [-0.3, -0.25) is 4.79 Å². The van der Waals surface area contributed by atoms with Crippen molar-refractivity contribution in [3.8, 4) is 0 Å². The molecular formula is C11H21N3O3. The number of nitrogens with two attached hydrogens (primary N) is 1. The first kappa shape index (κ1) is 13.8. The van der Waals surface area contributed by atoms with Crippen LogP contribution in [-0.2, 0) is 9.53 Å². The third-order valence-corrected chi connectivity index (χ3v) is 3.17. The van der Waals surface area contributed by atoms with E-state index in [9.17, 15) is 4.79 Å². The number of rotatable bonds is 3. The minimum atomic E-state index is -1.03. The molecule has 1 amide bonds. The molecule has 1 aliphatic rings. The van der Waals surface area contributed by atoms with Gasteiger partial charge in [-0.05, 0) is 33.6 Å². The molecule has 4 N–H and O–H groups in total. The van der Waals surface area contributed by atoms with Crippen molar-refractivity contribution in [2.24, 2.45) is 16.3 Å². The summed E-state index contributed by atoms with van der Waals surface area (Å²) in [7, 11) is 0. The quantitative estimate of drug-likeness (QED) is 0.290. The SMILES string of the molecule is CC1(NC(=O)C(C)(C)C(N)=NO)CCCOC1. The molecule has 1 aliphatic heterocycles. The molecule has 0 aromatic rings. The topological polar surface area (TPSA) is 96.9 Å². The fourth-order valence-electron chi connectivity index (χ4n) is 1.70. The van der Waals surface area contributed by atoms with E-state index in [0.717, 1.165) is 19.4 Å². The van der Waals surface area contributed by atoms with Gasteiger partial charge in [0.05, 0.1) is 12.1 Å². The van der Waals surface area contributed by atoms with Gasteiger partial charge in [-0.1, -0.05) is 5.16 Å². The summed E-state index contributed by atoms with van der Waals surface area (Å²) in [5.74, 6) is -0.365. The molecule has 1 saturated heterocycles. The van der Waals surface area contributed by atoms with Crippen molar-refractivity contribution in [2.45, 2.75) is 39.2 Å². The summed E-state index contributed by atoms with van der Waals surface area (Å²) in [6, 6.07) is 0. The van der Waals surface area contributed by atoms with E-state index >= 15 is 0 Å². The van der Waals surface area contributed by atoms with Crippen LogP contribution in [0.4, 0.5) is 0 Å². The summed E-state index contributed by atoms with van der Waals surface area (Å²) >= 11 is 0. The molecule has 1 heterocycles. The zero-order chi connectivity index (χ0) is 13.1. The lowest BCUT2D eigenvalue weighted by molar-refractivity contribution is -0.130. The Morgan fingerprint density at radius 2 is 2.24 bits per heavy atom. The fourth-order valence-corrected chi connectivity index (χ4v) is 1.70. The van der Waals surface area contributed by atoms with Gasteiger partial charge in [-0.25, -0.2) is 0 Å². The van der Waals surface area contributed by atoms with Crippen LogP contribution in [0.5, 0.6) is 0 Å². The Balaban J connectivity index is 2.71. The van der Waals surface area contributed by atoms with E-state index in [1.165, 1.54) is 0 Å². The molecule has 0 aromatic carbocycles. The molecule has 17 heavy (non-hydrogen) atoms. The standard InChI is InChI=1S/C11H21N3O3/c1-10(2,8(12)14-16)9(15)13-11(3)5-4-6-17-7-11/h16H,4-7H2,1-3H3,(H2,12,14)(H,13,15). The van der Waals surface area contributed by atoms with Gasteiger partial charge in [-0.15, -0.1) is 0 Å². The lowest BCUT2D eigenvalue weighted by atomic mass is 9.87. The van der Waals surface area contributed by atoms with Crippen LogP contribution in [-0.4, -0.2) is 35.7 Å². The van der Waals surface area contributed by atoms with Gasteiger partial charge < -0.3 is 21.0 Å². The Morgan fingerprint density at radius 1 is 1.59 bits per heavy atom. The number of carbonyl (C=O) groups is 1. The first-order valence-electron chi connectivity index (χ1n) is 5.70. The Bertz CT molecular complexity index is 320. The predicted octanol–water partition coefficient (Wildman–Crippen LogP) is 0.444. The van der Waals surface area contributed by atoms with E-state index in [1.807, 2.05) is 6.92 Å². The average Bonchev–Trinajstić information content (AvgIpc) is 2.28. The second-order valence-corrected chi connectivity index (χ2v) is 5.28. The number of hydrogen-bond acceptors (Lipinski definition) is 4. The van der Waals surface area contributed by atoms with E-state index < -0.39 is 5.41 Å². The molecule has 0 spiro atoms. The summed E-state index contributed by atoms with van der Waals surface area (Å²) in [5.41, 5.74) is 4.10. The maximum absolute atomic E-state index is 12.1. The van der Waals surface area contributed by atoms with Gasteiger partial charge in [0.25, 0.3) is 0 Å². The maximum Gasteiger partial charge on any atom is 0.233 e. The van der Waals surface area contributed by atoms with Crippen LogP contribution in [0.3, 0.4) is 0 Å². The van der Waals surface area contributed by atoms with Crippen molar-refractivity contribution in [3.05, 3.63) is 0 Å². The van der Waals surface area contributed by atoms with Crippen LogP contribution < -0.4 is 11.1 Å². The van der Waals surface area contributed by atoms with Crippen LogP contribution in [0, 0.1) is 5.41 Å². The van der Waals surface area contributed by atoms with Crippen molar-refractivity contribution >= 4 is 11.7 Å². The molecule has 6 nitrogen and oxygen atoms in total. The second-order valence-electron chi connectivity index (χ2n) is 5.28. The number of nitrogens with zero attached hydrogens (tertiary/aromatic N) is 1. The van der Waals surface area contributed by atoms with E-state index in [0.29, 0.717) is 6.61 Å². The van der Waals surface area contributed by atoms with Gasteiger partial charge in [0.2, 0.25) is 5.91 Å². The van der Waals surface area contributed by atoms with Gasteiger partial charge in [0.1, 0.15) is 5.41 Å². The average molecular weight is 243 g/mol. The number of carbonyl (C=O) groups excluding carboxylic acids is 1. The molecule has 1 fully saturated rings. The molecule has 0 radical (unpaired) electrons. The zero-order valence-corrected chi connectivity index (χ0v) is 10.6. The van der Waals surface area contributed by atoms with E-state index in [2.05, 4.69) is 10.5 Å². The van der Waals surface area contributed by atoms with E-state index in [4.69, 9.17) is 15.7 Å². The summed E-state index contributed by atoms with van der Waals surface area (Å²) < 4.78 is 5.36. The fraction of sp³-hybridized carbons (Fsp3) is 0.818. The van der Waals surface area contributed by atoms with Crippen LogP contribution in [0.15, 0.2) is 5.16 Å². The molecule has 0 aliphatic carbocycles. The molecular weight excluding hydrogens is 222 g/mol. The third kappa shape index (κ3) is 3.09. The molecule has 0 aromatic heterocycles. The lowest BCUT2D eigenvalue weighted by Crippen LogP contribution is -2.57. The van der Waals surface area contributed by atoms with Crippen molar-refractivity contribution in [1.82, 2.24) is 5.32 Å². The molecule has 6 heteroatoms. The number of nitrogens with one attached hydrogen (secondary N) is 1. The van der Waals surface area contributed by atoms with E-state index in [-0.39, 0.29) is 17.3 Å².